The number of rotatable bonds is 6. The van der Waals surface area contributed by atoms with Crippen molar-refractivity contribution in [2.75, 3.05) is 39.1 Å². The molecule has 2 aromatic rings. The smallest absolute Gasteiger partial charge is 0.407 e. The van der Waals surface area contributed by atoms with Gasteiger partial charge in [0.2, 0.25) is 0 Å². The number of hydrogen-bond acceptors (Lipinski definition) is 10. The molecule has 1 amide bonds. The zero-order chi connectivity index (χ0) is 26.4. The summed E-state index contributed by atoms with van der Waals surface area (Å²) in [5.41, 5.74) is 1.30. The maximum atomic E-state index is 12.2. The molecule has 37 heavy (non-hydrogen) atoms. The Hall–Kier alpha value is -1.96. The molecule has 3 saturated heterocycles. The third-order valence-electron chi connectivity index (χ3n) is 6.73. The van der Waals surface area contributed by atoms with Crippen LogP contribution < -0.4 is 5.32 Å². The second kappa shape index (κ2) is 10.3. The van der Waals surface area contributed by atoms with Crippen LogP contribution in [0.5, 0.6) is 0 Å². The van der Waals surface area contributed by atoms with Gasteiger partial charge in [-0.25, -0.2) is 14.3 Å². The maximum Gasteiger partial charge on any atom is 0.407 e. The summed E-state index contributed by atoms with van der Waals surface area (Å²) in [7, 11) is 0. The van der Waals surface area contributed by atoms with E-state index in [-0.39, 0.29) is 30.5 Å². The van der Waals surface area contributed by atoms with Crippen molar-refractivity contribution in [3.63, 3.8) is 0 Å². The molecule has 0 aliphatic carbocycles. The second-order valence-corrected chi connectivity index (χ2v) is 11.9. The summed E-state index contributed by atoms with van der Waals surface area (Å²) < 4.78 is 32.4. The van der Waals surface area contributed by atoms with Crippen molar-refractivity contribution in [3.05, 3.63) is 24.2 Å². The van der Waals surface area contributed by atoms with E-state index in [2.05, 4.69) is 20.3 Å². The first kappa shape index (κ1) is 26.6. The molecule has 1 N–H and O–H groups in total. The van der Waals surface area contributed by atoms with Gasteiger partial charge in [0.15, 0.2) is 5.79 Å². The van der Waals surface area contributed by atoms with E-state index < -0.39 is 17.5 Å². The number of fused-ring (bicyclic) bond motifs is 2. The fourth-order valence-corrected chi connectivity index (χ4v) is 5.75. The molecule has 3 aliphatic rings. The van der Waals surface area contributed by atoms with Gasteiger partial charge in [0.05, 0.1) is 30.5 Å². The Balaban J connectivity index is 1.33. The summed E-state index contributed by atoms with van der Waals surface area (Å²) in [5, 5.41) is 8.29. The Morgan fingerprint density at radius 1 is 1.27 bits per heavy atom. The molecule has 0 saturated carbocycles. The van der Waals surface area contributed by atoms with Gasteiger partial charge < -0.3 is 29.0 Å². The number of thioether (sulfide) groups is 1. The van der Waals surface area contributed by atoms with E-state index in [9.17, 15) is 4.79 Å². The molecular formula is C25H37N5O6S. The molecule has 3 fully saturated rings. The number of carbonyl (C=O) groups excluding carboxylic acids is 1. The van der Waals surface area contributed by atoms with Gasteiger partial charge in [0.25, 0.3) is 0 Å². The van der Waals surface area contributed by atoms with E-state index in [1.807, 2.05) is 57.5 Å². The van der Waals surface area contributed by atoms with Crippen LogP contribution in [0, 0.1) is 0 Å². The minimum absolute atomic E-state index is 0.0105. The highest BCUT2D eigenvalue weighted by Gasteiger charge is 2.56. The van der Waals surface area contributed by atoms with E-state index in [0.717, 1.165) is 22.8 Å². The minimum Gasteiger partial charge on any atom is -0.444 e. The SMILES string of the molecule is CSc1ncnn2c([C@@H]3O[C@H](CN4CCOC[C@H]4CNC(=O)OC(C)(C)C)[C@H]4OC(C)(C)O[C@H]43)ccc12. The topological polar surface area (TPSA) is 109 Å². The second-order valence-electron chi connectivity index (χ2n) is 11.1. The van der Waals surface area contributed by atoms with E-state index in [0.29, 0.717) is 26.3 Å². The lowest BCUT2D eigenvalue weighted by atomic mass is 10.0. The summed E-state index contributed by atoms with van der Waals surface area (Å²) in [5.74, 6) is -0.717. The normalized spacial score (nSPS) is 29.9. The summed E-state index contributed by atoms with van der Waals surface area (Å²) in [4.78, 5) is 18.9. The molecule has 0 unspecified atom stereocenters. The molecule has 0 bridgehead atoms. The highest BCUT2D eigenvalue weighted by Crippen LogP contribution is 2.45. The van der Waals surface area contributed by atoms with Crippen LogP contribution in [0.1, 0.15) is 46.4 Å². The van der Waals surface area contributed by atoms with Crippen molar-refractivity contribution >= 4 is 23.4 Å². The number of nitrogens with zero attached hydrogens (tertiary/aromatic N) is 4. The molecule has 3 aliphatic heterocycles. The van der Waals surface area contributed by atoms with Gasteiger partial charge in [-0.15, -0.1) is 11.8 Å². The summed E-state index contributed by atoms with van der Waals surface area (Å²) in [6.07, 6.45) is 2.05. The Kier molecular flexibility index (Phi) is 7.42. The highest BCUT2D eigenvalue weighted by molar-refractivity contribution is 7.98. The molecule has 5 heterocycles. The maximum absolute atomic E-state index is 12.2. The number of amides is 1. The van der Waals surface area contributed by atoms with Crippen molar-refractivity contribution in [2.24, 2.45) is 0 Å². The van der Waals surface area contributed by atoms with Crippen LogP contribution in [0.4, 0.5) is 4.79 Å². The third-order valence-corrected chi connectivity index (χ3v) is 7.43. The molecule has 0 spiro atoms. The summed E-state index contributed by atoms with van der Waals surface area (Å²) in [6.45, 7) is 12.3. The van der Waals surface area contributed by atoms with Crippen molar-refractivity contribution < 1.29 is 28.5 Å². The van der Waals surface area contributed by atoms with Gasteiger partial charge in [-0.05, 0) is 53.0 Å². The van der Waals surface area contributed by atoms with Crippen molar-refractivity contribution in [2.45, 2.75) is 81.5 Å². The Morgan fingerprint density at radius 2 is 2.05 bits per heavy atom. The molecule has 2 aromatic heterocycles. The van der Waals surface area contributed by atoms with E-state index in [4.69, 9.17) is 23.7 Å². The van der Waals surface area contributed by atoms with Crippen molar-refractivity contribution in [1.29, 1.82) is 0 Å². The first-order valence-corrected chi connectivity index (χ1v) is 13.9. The minimum atomic E-state index is -0.717. The number of carbonyl (C=O) groups is 1. The number of morpholine rings is 1. The lowest BCUT2D eigenvalue weighted by Gasteiger charge is -2.37. The van der Waals surface area contributed by atoms with Crippen LogP contribution in [0.2, 0.25) is 0 Å². The van der Waals surface area contributed by atoms with Gasteiger partial charge in [0.1, 0.15) is 41.4 Å². The Bertz CT molecular complexity index is 1120. The van der Waals surface area contributed by atoms with E-state index >= 15 is 0 Å². The Labute approximate surface area is 221 Å². The average Bonchev–Trinajstić information content (AvgIpc) is 3.48. The number of nitrogens with one attached hydrogen (secondary N) is 1. The number of ether oxygens (including phenoxy) is 5. The fourth-order valence-electron chi connectivity index (χ4n) is 5.24. The monoisotopic (exact) mass is 535 g/mol. The standard InChI is InChI=1S/C25H37N5O6S/c1-24(2,3)36-23(31)26-11-15-13-32-10-9-29(15)12-18-20-21(35-25(4,5)34-20)19(33-18)16-7-8-17-22(37-6)27-14-28-30(16)17/h7-8,14-15,18-21H,9-13H2,1-6H3,(H,26,31)/t15-,18-,19+,20-,21+/m1/s1. The lowest BCUT2D eigenvalue weighted by Crippen LogP contribution is -2.54. The molecule has 0 radical (unpaired) electrons. The van der Waals surface area contributed by atoms with Crippen LogP contribution in [0.3, 0.4) is 0 Å². The average molecular weight is 536 g/mol. The van der Waals surface area contributed by atoms with Crippen LogP contribution in [0.25, 0.3) is 5.52 Å². The van der Waals surface area contributed by atoms with E-state index in [1.54, 1.807) is 18.1 Å². The van der Waals surface area contributed by atoms with Crippen molar-refractivity contribution in [1.82, 2.24) is 24.8 Å². The first-order chi connectivity index (χ1) is 17.5. The molecule has 5 atom stereocenters. The van der Waals surface area contributed by atoms with Gasteiger partial charge >= 0.3 is 6.09 Å². The number of alkyl carbamates (subject to hydrolysis) is 1. The van der Waals surface area contributed by atoms with Crippen LogP contribution in [-0.4, -0.2) is 100 Å². The summed E-state index contributed by atoms with van der Waals surface area (Å²) in [6, 6.07) is 4.04. The molecule has 11 nitrogen and oxygen atoms in total. The number of hydrogen-bond donors (Lipinski definition) is 1. The number of aromatic nitrogens is 3. The first-order valence-electron chi connectivity index (χ1n) is 12.7. The molecule has 12 heteroatoms. The largest absolute Gasteiger partial charge is 0.444 e. The zero-order valence-electron chi connectivity index (χ0n) is 22.3. The lowest BCUT2D eigenvalue weighted by molar-refractivity contribution is -0.191. The molecule has 0 aromatic carbocycles. The third kappa shape index (κ3) is 5.74. The highest BCUT2D eigenvalue weighted by atomic mass is 32.2. The van der Waals surface area contributed by atoms with Gasteiger partial charge in [-0.3, -0.25) is 4.90 Å². The molecule has 204 valence electrons. The summed E-state index contributed by atoms with van der Waals surface area (Å²) >= 11 is 1.58. The van der Waals surface area contributed by atoms with Gasteiger partial charge in [0, 0.05) is 19.6 Å². The fraction of sp³-hybridized carbons (Fsp3) is 0.720. The molecular weight excluding hydrogens is 498 g/mol. The molecule has 5 rings (SSSR count). The van der Waals surface area contributed by atoms with Crippen molar-refractivity contribution in [3.8, 4) is 0 Å². The predicted octanol–water partition coefficient (Wildman–Crippen LogP) is 2.64. The van der Waals surface area contributed by atoms with Crippen LogP contribution in [-0.2, 0) is 23.7 Å². The van der Waals surface area contributed by atoms with Crippen LogP contribution in [0.15, 0.2) is 23.5 Å². The van der Waals surface area contributed by atoms with Gasteiger partial charge in [-0.1, -0.05) is 0 Å². The quantitative estimate of drug-likeness (QED) is 0.555. The van der Waals surface area contributed by atoms with E-state index in [1.165, 1.54) is 0 Å². The predicted molar refractivity (Wildman–Crippen MR) is 137 cm³/mol. The zero-order valence-corrected chi connectivity index (χ0v) is 23.1. The van der Waals surface area contributed by atoms with Gasteiger partial charge in [-0.2, -0.15) is 5.10 Å². The van der Waals surface area contributed by atoms with Crippen LogP contribution >= 0.6 is 11.8 Å². The Morgan fingerprint density at radius 3 is 2.81 bits per heavy atom.